The number of nitrogens with zero attached hydrogens (tertiary/aromatic N) is 2. The zero-order valence-electron chi connectivity index (χ0n) is 10.3. The summed E-state index contributed by atoms with van der Waals surface area (Å²) in [5.74, 6) is 0.00673. The normalized spacial score (nSPS) is 10.8. The molecule has 0 saturated heterocycles. The molecule has 0 radical (unpaired) electrons. The maximum atomic E-state index is 13.3. The standard InChI is InChI=1S/C14H7Br2FN2O2/c15-7-1-4-12(20)10(5-7)14-18-13(19-21-14)9-6-8(17)2-3-11(9)16/h1-6,20H. The number of hydrogen-bond donors (Lipinski definition) is 1. The maximum absolute atomic E-state index is 13.3. The quantitative estimate of drug-likeness (QED) is 0.657. The number of benzene rings is 2. The Hall–Kier alpha value is -1.73. The van der Waals surface area contributed by atoms with Gasteiger partial charge in [0.25, 0.3) is 5.89 Å². The number of phenolic OH excluding ortho intramolecular Hbond substituents is 1. The van der Waals surface area contributed by atoms with Crippen molar-refractivity contribution in [1.29, 1.82) is 0 Å². The van der Waals surface area contributed by atoms with Gasteiger partial charge in [0.15, 0.2) is 0 Å². The van der Waals surface area contributed by atoms with Crippen molar-refractivity contribution >= 4 is 31.9 Å². The van der Waals surface area contributed by atoms with Gasteiger partial charge in [-0.15, -0.1) is 0 Å². The van der Waals surface area contributed by atoms with Crippen molar-refractivity contribution < 1.29 is 14.0 Å². The Morgan fingerprint density at radius 3 is 2.67 bits per heavy atom. The van der Waals surface area contributed by atoms with E-state index in [4.69, 9.17) is 4.52 Å². The number of hydrogen-bond acceptors (Lipinski definition) is 4. The largest absolute Gasteiger partial charge is 0.507 e. The van der Waals surface area contributed by atoms with Crippen LogP contribution in [0.15, 0.2) is 49.9 Å². The highest BCUT2D eigenvalue weighted by molar-refractivity contribution is 9.10. The fourth-order valence-electron chi connectivity index (χ4n) is 1.79. The summed E-state index contributed by atoms with van der Waals surface area (Å²) in [6.45, 7) is 0. The highest BCUT2D eigenvalue weighted by Gasteiger charge is 2.16. The van der Waals surface area contributed by atoms with Gasteiger partial charge in [0.2, 0.25) is 5.82 Å². The third-order valence-electron chi connectivity index (χ3n) is 2.78. The lowest BCUT2D eigenvalue weighted by Crippen LogP contribution is -1.85. The molecule has 1 aromatic heterocycles. The molecule has 106 valence electrons. The predicted molar refractivity (Wildman–Crippen MR) is 82.2 cm³/mol. The van der Waals surface area contributed by atoms with Crippen molar-refractivity contribution in [2.75, 3.05) is 0 Å². The molecule has 0 amide bonds. The van der Waals surface area contributed by atoms with Gasteiger partial charge in [-0.05, 0) is 36.4 Å². The van der Waals surface area contributed by atoms with Gasteiger partial charge < -0.3 is 9.63 Å². The molecular weight excluding hydrogens is 407 g/mol. The molecule has 2 aromatic carbocycles. The zero-order valence-corrected chi connectivity index (χ0v) is 13.5. The number of aromatic nitrogens is 2. The Morgan fingerprint density at radius 1 is 1.05 bits per heavy atom. The van der Waals surface area contributed by atoms with Crippen molar-refractivity contribution in [2.24, 2.45) is 0 Å². The van der Waals surface area contributed by atoms with Crippen LogP contribution in [0.1, 0.15) is 0 Å². The summed E-state index contributed by atoms with van der Waals surface area (Å²) < 4.78 is 19.9. The van der Waals surface area contributed by atoms with Crippen LogP contribution < -0.4 is 0 Å². The van der Waals surface area contributed by atoms with Crippen molar-refractivity contribution in [2.45, 2.75) is 0 Å². The van der Waals surface area contributed by atoms with E-state index in [0.717, 1.165) is 4.47 Å². The average molecular weight is 414 g/mol. The first-order valence-electron chi connectivity index (χ1n) is 5.82. The minimum absolute atomic E-state index is 0.0201. The molecule has 0 atom stereocenters. The van der Waals surface area contributed by atoms with Gasteiger partial charge in [0.05, 0.1) is 5.56 Å². The van der Waals surface area contributed by atoms with E-state index in [-0.39, 0.29) is 17.5 Å². The van der Waals surface area contributed by atoms with Gasteiger partial charge in [-0.1, -0.05) is 37.0 Å². The Bertz CT molecular complexity index is 754. The lowest BCUT2D eigenvalue weighted by molar-refractivity contribution is 0.425. The van der Waals surface area contributed by atoms with Gasteiger partial charge >= 0.3 is 0 Å². The van der Waals surface area contributed by atoms with Crippen LogP contribution >= 0.6 is 31.9 Å². The van der Waals surface area contributed by atoms with E-state index in [2.05, 4.69) is 42.0 Å². The molecule has 0 fully saturated rings. The first kappa shape index (κ1) is 14.2. The van der Waals surface area contributed by atoms with Crippen molar-refractivity contribution in [1.82, 2.24) is 10.1 Å². The second-order valence-electron chi connectivity index (χ2n) is 4.21. The molecule has 3 aromatic rings. The monoisotopic (exact) mass is 412 g/mol. The van der Waals surface area contributed by atoms with Crippen molar-refractivity contribution in [3.05, 3.63) is 51.2 Å². The third-order valence-corrected chi connectivity index (χ3v) is 3.97. The molecule has 1 N–H and O–H groups in total. The molecule has 0 aliphatic heterocycles. The van der Waals surface area contributed by atoms with Crippen LogP contribution in [0.2, 0.25) is 0 Å². The fraction of sp³-hybridized carbons (Fsp3) is 0. The molecule has 0 unspecified atom stereocenters. The maximum Gasteiger partial charge on any atom is 0.262 e. The van der Waals surface area contributed by atoms with E-state index in [1.165, 1.54) is 18.2 Å². The molecule has 0 saturated carbocycles. The van der Waals surface area contributed by atoms with Gasteiger partial charge in [-0.25, -0.2) is 4.39 Å². The van der Waals surface area contributed by atoms with Gasteiger partial charge in [-0.3, -0.25) is 0 Å². The van der Waals surface area contributed by atoms with Gasteiger partial charge in [-0.2, -0.15) is 4.98 Å². The molecular formula is C14H7Br2FN2O2. The molecule has 0 bridgehead atoms. The molecule has 1 heterocycles. The highest BCUT2D eigenvalue weighted by atomic mass is 79.9. The first-order valence-corrected chi connectivity index (χ1v) is 7.41. The van der Waals surface area contributed by atoms with Crippen LogP contribution in [0, 0.1) is 5.82 Å². The molecule has 21 heavy (non-hydrogen) atoms. The first-order chi connectivity index (χ1) is 10.0. The van der Waals surface area contributed by atoms with E-state index in [0.29, 0.717) is 15.6 Å². The average Bonchev–Trinajstić information content (AvgIpc) is 2.93. The van der Waals surface area contributed by atoms with Crippen molar-refractivity contribution in [3.63, 3.8) is 0 Å². The van der Waals surface area contributed by atoms with Crippen LogP contribution in [-0.2, 0) is 0 Å². The second kappa shape index (κ2) is 5.57. The summed E-state index contributed by atoms with van der Waals surface area (Å²) in [6, 6.07) is 9.07. The zero-order chi connectivity index (χ0) is 15.0. The SMILES string of the molecule is Oc1ccc(Br)cc1-c1nc(-c2cc(F)ccc2Br)no1. The Labute approximate surface area is 135 Å². The Morgan fingerprint density at radius 2 is 1.86 bits per heavy atom. The summed E-state index contributed by atoms with van der Waals surface area (Å²) in [5, 5.41) is 13.7. The summed E-state index contributed by atoms with van der Waals surface area (Å²) in [6.07, 6.45) is 0. The van der Waals surface area contributed by atoms with Crippen LogP contribution in [0.5, 0.6) is 5.75 Å². The lowest BCUT2D eigenvalue weighted by Gasteiger charge is -2.00. The second-order valence-corrected chi connectivity index (χ2v) is 5.98. The lowest BCUT2D eigenvalue weighted by atomic mass is 10.2. The van der Waals surface area contributed by atoms with Crippen LogP contribution in [0.25, 0.3) is 22.8 Å². The number of rotatable bonds is 2. The highest BCUT2D eigenvalue weighted by Crippen LogP contribution is 2.33. The molecule has 7 heteroatoms. The van der Waals surface area contributed by atoms with Crippen LogP contribution in [0.3, 0.4) is 0 Å². The summed E-state index contributed by atoms with van der Waals surface area (Å²) in [7, 11) is 0. The van der Waals surface area contributed by atoms with E-state index >= 15 is 0 Å². The Balaban J connectivity index is 2.08. The Kier molecular flexibility index (Phi) is 3.77. The number of phenols is 1. The smallest absolute Gasteiger partial charge is 0.262 e. The number of aromatic hydroxyl groups is 1. The molecule has 0 spiro atoms. The predicted octanol–water partition coefficient (Wildman–Crippen LogP) is 4.77. The molecule has 0 aliphatic rings. The summed E-state index contributed by atoms with van der Waals surface area (Å²) in [4.78, 5) is 4.20. The number of halogens is 3. The van der Waals surface area contributed by atoms with E-state index in [1.807, 2.05) is 0 Å². The molecule has 3 rings (SSSR count). The van der Waals surface area contributed by atoms with E-state index < -0.39 is 5.82 Å². The molecule has 0 aliphatic carbocycles. The van der Waals surface area contributed by atoms with E-state index in [9.17, 15) is 9.50 Å². The third kappa shape index (κ3) is 2.84. The van der Waals surface area contributed by atoms with Crippen LogP contribution in [-0.4, -0.2) is 15.2 Å². The summed E-state index contributed by atoms with van der Waals surface area (Å²) in [5.41, 5.74) is 0.870. The van der Waals surface area contributed by atoms with Gasteiger partial charge in [0, 0.05) is 14.5 Å². The fourth-order valence-corrected chi connectivity index (χ4v) is 2.58. The van der Waals surface area contributed by atoms with Crippen LogP contribution in [0.4, 0.5) is 4.39 Å². The van der Waals surface area contributed by atoms with Crippen molar-refractivity contribution in [3.8, 4) is 28.6 Å². The van der Waals surface area contributed by atoms with Gasteiger partial charge in [0.1, 0.15) is 11.6 Å². The minimum Gasteiger partial charge on any atom is -0.507 e. The minimum atomic E-state index is -0.398. The van der Waals surface area contributed by atoms with E-state index in [1.54, 1.807) is 18.2 Å². The topological polar surface area (TPSA) is 59.2 Å². The summed E-state index contributed by atoms with van der Waals surface area (Å²) >= 11 is 6.62. The molecule has 4 nitrogen and oxygen atoms in total.